The van der Waals surface area contributed by atoms with Gasteiger partial charge in [0.15, 0.2) is 0 Å². The highest BCUT2D eigenvalue weighted by Crippen LogP contribution is 2.27. The number of halogens is 1. The smallest absolute Gasteiger partial charge is 0.276 e. The van der Waals surface area contributed by atoms with E-state index in [0.29, 0.717) is 12.1 Å². The Balaban J connectivity index is 1.51. The lowest BCUT2D eigenvalue weighted by atomic mass is 10.0. The van der Waals surface area contributed by atoms with E-state index in [4.69, 9.17) is 0 Å². The Morgan fingerprint density at radius 2 is 1.72 bits per heavy atom. The van der Waals surface area contributed by atoms with Gasteiger partial charge >= 0.3 is 0 Å². The molecule has 2 heterocycles. The van der Waals surface area contributed by atoms with Crippen molar-refractivity contribution >= 4 is 17.5 Å². The summed E-state index contributed by atoms with van der Waals surface area (Å²) < 4.78 is 13.7. The molecule has 4 rings (SSSR count). The van der Waals surface area contributed by atoms with Gasteiger partial charge < -0.3 is 10.2 Å². The predicted octanol–water partition coefficient (Wildman–Crippen LogP) is 3.74. The van der Waals surface area contributed by atoms with Gasteiger partial charge in [-0.15, -0.1) is 0 Å². The second kappa shape index (κ2) is 8.22. The maximum Gasteiger partial charge on any atom is 0.276 e. The summed E-state index contributed by atoms with van der Waals surface area (Å²) in [5.74, 6) is -1.07. The van der Waals surface area contributed by atoms with E-state index in [1.807, 2.05) is 24.3 Å². The topological polar surface area (TPSA) is 62.3 Å². The molecule has 29 heavy (non-hydrogen) atoms. The predicted molar refractivity (Wildman–Crippen MR) is 108 cm³/mol. The molecule has 2 aromatic carbocycles. The van der Waals surface area contributed by atoms with Crippen molar-refractivity contribution in [1.82, 2.24) is 10.3 Å². The van der Waals surface area contributed by atoms with Crippen molar-refractivity contribution in [2.45, 2.75) is 19.4 Å². The lowest BCUT2D eigenvalue weighted by Gasteiger charge is -2.29. The van der Waals surface area contributed by atoms with Crippen LogP contribution in [0.2, 0.25) is 0 Å². The van der Waals surface area contributed by atoms with E-state index in [1.165, 1.54) is 12.1 Å². The first-order valence-corrected chi connectivity index (χ1v) is 9.52. The first-order chi connectivity index (χ1) is 14.1. The Labute approximate surface area is 168 Å². The van der Waals surface area contributed by atoms with Gasteiger partial charge in [-0.1, -0.05) is 42.5 Å². The molecule has 1 N–H and O–H groups in total. The molecular formula is C23H20FN3O2. The molecule has 0 radical (unpaired) electrons. The van der Waals surface area contributed by atoms with E-state index < -0.39 is 5.91 Å². The fourth-order valence-corrected chi connectivity index (χ4v) is 3.47. The minimum atomic E-state index is -0.457. The first-order valence-electron chi connectivity index (χ1n) is 9.52. The van der Waals surface area contributed by atoms with Crippen LogP contribution in [0.5, 0.6) is 0 Å². The quantitative estimate of drug-likeness (QED) is 0.739. The number of benzene rings is 2. The third-order valence-electron chi connectivity index (χ3n) is 4.95. The second-order valence-electron chi connectivity index (χ2n) is 6.87. The first kappa shape index (κ1) is 18.8. The number of hydrogen-bond acceptors (Lipinski definition) is 3. The minimum Gasteiger partial charge on any atom is -0.347 e. The van der Waals surface area contributed by atoms with Crippen LogP contribution in [-0.2, 0) is 13.0 Å². The largest absolute Gasteiger partial charge is 0.347 e. The molecule has 0 fully saturated rings. The molecule has 2 amide bonds. The molecule has 6 heteroatoms. The zero-order valence-electron chi connectivity index (χ0n) is 15.8. The molecule has 0 bridgehead atoms. The standard InChI is InChI=1S/C23H20FN3O2/c24-18-10-3-1-8-17(18)15-25-22(28)19-11-5-12-20(26-19)23(29)27-14-6-9-16-7-2-4-13-21(16)27/h1-5,7-8,10-13H,6,9,14-15H2,(H,25,28). The van der Waals surface area contributed by atoms with Gasteiger partial charge in [-0.2, -0.15) is 0 Å². The van der Waals surface area contributed by atoms with Crippen LogP contribution in [0.3, 0.4) is 0 Å². The maximum atomic E-state index is 13.7. The van der Waals surface area contributed by atoms with Crippen LogP contribution >= 0.6 is 0 Å². The van der Waals surface area contributed by atoms with E-state index in [2.05, 4.69) is 10.3 Å². The molecule has 1 aliphatic heterocycles. The number of pyridine rings is 1. The number of aryl methyl sites for hydroxylation is 1. The number of nitrogens with zero attached hydrogens (tertiary/aromatic N) is 2. The fourth-order valence-electron chi connectivity index (χ4n) is 3.47. The van der Waals surface area contributed by atoms with Gasteiger partial charge in [-0.25, -0.2) is 9.37 Å². The normalized spacial score (nSPS) is 12.9. The summed E-state index contributed by atoms with van der Waals surface area (Å²) in [6, 6.07) is 18.8. The van der Waals surface area contributed by atoms with Gasteiger partial charge in [0.25, 0.3) is 11.8 Å². The highest BCUT2D eigenvalue weighted by atomic mass is 19.1. The molecule has 1 aromatic heterocycles. The number of carbonyl (C=O) groups is 2. The van der Waals surface area contributed by atoms with Gasteiger partial charge in [0.1, 0.15) is 17.2 Å². The Bertz CT molecular complexity index is 1070. The molecule has 0 spiro atoms. The van der Waals surface area contributed by atoms with Crippen LogP contribution in [0.1, 0.15) is 38.5 Å². The van der Waals surface area contributed by atoms with E-state index in [1.54, 1.807) is 35.2 Å². The lowest BCUT2D eigenvalue weighted by molar-refractivity contribution is 0.0945. The molecule has 1 aliphatic rings. The maximum absolute atomic E-state index is 13.7. The summed E-state index contributed by atoms with van der Waals surface area (Å²) in [6.07, 6.45) is 1.82. The van der Waals surface area contributed by atoms with Crippen molar-refractivity contribution < 1.29 is 14.0 Å². The molecule has 0 saturated heterocycles. The lowest BCUT2D eigenvalue weighted by Crippen LogP contribution is -2.36. The Kier molecular flexibility index (Phi) is 5.33. The summed E-state index contributed by atoms with van der Waals surface area (Å²) in [6.45, 7) is 0.659. The third-order valence-corrected chi connectivity index (χ3v) is 4.95. The Morgan fingerprint density at radius 3 is 2.59 bits per heavy atom. The minimum absolute atomic E-state index is 0.0465. The summed E-state index contributed by atoms with van der Waals surface area (Å²) in [4.78, 5) is 31.5. The van der Waals surface area contributed by atoms with Crippen LogP contribution in [-0.4, -0.2) is 23.3 Å². The van der Waals surface area contributed by atoms with Crippen molar-refractivity contribution in [3.8, 4) is 0 Å². The zero-order valence-corrected chi connectivity index (χ0v) is 15.8. The van der Waals surface area contributed by atoms with Gasteiger partial charge in [0.05, 0.1) is 0 Å². The summed E-state index contributed by atoms with van der Waals surface area (Å²) in [5.41, 5.74) is 2.74. The van der Waals surface area contributed by atoms with Gasteiger partial charge in [0, 0.05) is 24.3 Å². The average molecular weight is 389 g/mol. The number of anilines is 1. The van der Waals surface area contributed by atoms with E-state index >= 15 is 0 Å². The van der Waals surface area contributed by atoms with Crippen molar-refractivity contribution in [1.29, 1.82) is 0 Å². The van der Waals surface area contributed by atoms with Crippen LogP contribution in [0.15, 0.2) is 66.7 Å². The van der Waals surface area contributed by atoms with E-state index in [-0.39, 0.29) is 29.7 Å². The fraction of sp³-hybridized carbons (Fsp3) is 0.174. The van der Waals surface area contributed by atoms with E-state index in [0.717, 1.165) is 24.1 Å². The Morgan fingerprint density at radius 1 is 0.966 bits per heavy atom. The van der Waals surface area contributed by atoms with Crippen LogP contribution in [0, 0.1) is 5.82 Å². The number of nitrogens with one attached hydrogen (secondary N) is 1. The van der Waals surface area contributed by atoms with Crippen molar-refractivity contribution in [2.24, 2.45) is 0 Å². The van der Waals surface area contributed by atoms with Gasteiger partial charge in [-0.05, 0) is 42.7 Å². The van der Waals surface area contributed by atoms with Crippen molar-refractivity contribution in [3.05, 3.63) is 95.1 Å². The van der Waals surface area contributed by atoms with Gasteiger partial charge in [0.2, 0.25) is 0 Å². The van der Waals surface area contributed by atoms with Gasteiger partial charge in [-0.3, -0.25) is 9.59 Å². The molecule has 146 valence electrons. The van der Waals surface area contributed by atoms with Crippen molar-refractivity contribution in [2.75, 3.05) is 11.4 Å². The molecule has 0 unspecified atom stereocenters. The molecule has 3 aromatic rings. The van der Waals surface area contributed by atoms with Crippen LogP contribution in [0.4, 0.5) is 10.1 Å². The SMILES string of the molecule is O=C(NCc1ccccc1F)c1cccc(C(=O)N2CCCc3ccccc32)n1. The number of fused-ring (bicyclic) bond motifs is 1. The number of carbonyl (C=O) groups excluding carboxylic acids is 2. The third kappa shape index (κ3) is 4.01. The second-order valence-corrected chi connectivity index (χ2v) is 6.87. The zero-order chi connectivity index (χ0) is 20.2. The highest BCUT2D eigenvalue weighted by molar-refractivity contribution is 6.06. The molecule has 0 aliphatic carbocycles. The summed E-state index contributed by atoms with van der Waals surface area (Å²) in [5, 5.41) is 2.65. The number of para-hydroxylation sites is 1. The van der Waals surface area contributed by atoms with Crippen LogP contribution < -0.4 is 10.2 Å². The summed E-state index contributed by atoms with van der Waals surface area (Å²) >= 11 is 0. The monoisotopic (exact) mass is 389 g/mol. The molecule has 5 nitrogen and oxygen atoms in total. The molecule has 0 atom stereocenters. The number of rotatable bonds is 4. The number of amides is 2. The molecule has 0 saturated carbocycles. The number of aromatic nitrogens is 1. The molecular weight excluding hydrogens is 369 g/mol. The van der Waals surface area contributed by atoms with Crippen LogP contribution in [0.25, 0.3) is 0 Å². The van der Waals surface area contributed by atoms with E-state index in [9.17, 15) is 14.0 Å². The summed E-state index contributed by atoms with van der Waals surface area (Å²) in [7, 11) is 0. The number of hydrogen-bond donors (Lipinski definition) is 1. The van der Waals surface area contributed by atoms with Crippen molar-refractivity contribution in [3.63, 3.8) is 0 Å². The highest BCUT2D eigenvalue weighted by Gasteiger charge is 2.24. The Hall–Kier alpha value is -3.54. The average Bonchev–Trinajstić information content (AvgIpc) is 2.77.